The van der Waals surface area contributed by atoms with Crippen LogP contribution in [0.3, 0.4) is 0 Å². The molecule has 0 amide bonds. The van der Waals surface area contributed by atoms with E-state index in [1.54, 1.807) is 42.5 Å². The van der Waals surface area contributed by atoms with Crippen LogP contribution in [0.5, 0.6) is 5.75 Å². The van der Waals surface area contributed by atoms with Gasteiger partial charge in [-0.15, -0.1) is 10.8 Å². The van der Waals surface area contributed by atoms with Gasteiger partial charge in [0.15, 0.2) is 5.84 Å². The van der Waals surface area contributed by atoms with Crippen LogP contribution >= 0.6 is 0 Å². The van der Waals surface area contributed by atoms with Gasteiger partial charge >= 0.3 is 0 Å². The summed E-state index contributed by atoms with van der Waals surface area (Å²) in [5.74, 6) is 3.27. The Kier molecular flexibility index (Phi) is 3.57. The molecule has 0 fully saturated rings. The fourth-order valence-corrected chi connectivity index (χ4v) is 3.21. The summed E-state index contributed by atoms with van der Waals surface area (Å²) in [7, 11) is -3.70. The van der Waals surface area contributed by atoms with E-state index in [2.05, 4.69) is 15.6 Å². The van der Waals surface area contributed by atoms with Gasteiger partial charge in [0.05, 0.1) is 5.69 Å². The minimum absolute atomic E-state index is 0.174. The molecular weight excluding hydrogens is 300 g/mol. The zero-order valence-electron chi connectivity index (χ0n) is 11.5. The van der Waals surface area contributed by atoms with Crippen molar-refractivity contribution in [3.63, 3.8) is 0 Å². The molecule has 1 aliphatic heterocycles. The molecule has 0 saturated carbocycles. The monoisotopic (exact) mass is 312 g/mol. The standard InChI is InChI=1S/C16H12N2O3S/c1-2-11-21-13-9-7-12(8-10-13)16-17-14-5-3-4-6-15(14)22(19,20)18-16/h1,3-10H,11H2,(H,17,18). The van der Waals surface area contributed by atoms with Gasteiger partial charge in [-0.1, -0.05) is 18.1 Å². The predicted molar refractivity (Wildman–Crippen MR) is 84.6 cm³/mol. The van der Waals surface area contributed by atoms with Gasteiger partial charge in [-0.3, -0.25) is 0 Å². The number of rotatable bonds is 3. The molecular formula is C16H12N2O3S. The fraction of sp³-hybridized carbons (Fsp3) is 0.0625. The van der Waals surface area contributed by atoms with Gasteiger partial charge in [0.25, 0.3) is 10.0 Å². The molecule has 1 N–H and O–H groups in total. The van der Waals surface area contributed by atoms with Crippen LogP contribution in [0.1, 0.15) is 5.56 Å². The third-order valence-electron chi connectivity index (χ3n) is 3.08. The Balaban J connectivity index is 1.94. The first-order valence-electron chi connectivity index (χ1n) is 6.48. The first-order chi connectivity index (χ1) is 10.6. The number of sulfonamides is 1. The van der Waals surface area contributed by atoms with Gasteiger partial charge in [-0.05, 0) is 36.4 Å². The van der Waals surface area contributed by atoms with Crippen molar-refractivity contribution in [3.8, 4) is 18.1 Å². The van der Waals surface area contributed by atoms with E-state index < -0.39 is 10.0 Å². The Morgan fingerprint density at radius 1 is 1.14 bits per heavy atom. The van der Waals surface area contributed by atoms with E-state index in [1.165, 1.54) is 6.07 Å². The number of terminal acetylenes is 1. The van der Waals surface area contributed by atoms with E-state index in [1.807, 2.05) is 0 Å². The quantitative estimate of drug-likeness (QED) is 0.883. The molecule has 0 aromatic heterocycles. The number of nitrogens with zero attached hydrogens (tertiary/aromatic N) is 1. The molecule has 6 heteroatoms. The zero-order valence-corrected chi connectivity index (χ0v) is 12.3. The summed E-state index contributed by atoms with van der Waals surface area (Å²) >= 11 is 0. The lowest BCUT2D eigenvalue weighted by Gasteiger charge is -2.18. The molecule has 0 aliphatic carbocycles. The van der Waals surface area contributed by atoms with Crippen LogP contribution in [0.25, 0.3) is 0 Å². The molecule has 22 heavy (non-hydrogen) atoms. The molecule has 0 spiro atoms. The zero-order chi connectivity index (χ0) is 15.6. The minimum Gasteiger partial charge on any atom is -0.481 e. The summed E-state index contributed by atoms with van der Waals surface area (Å²) in [6.45, 7) is 0.181. The molecule has 2 aromatic carbocycles. The van der Waals surface area contributed by atoms with Crippen LogP contribution < -0.4 is 10.1 Å². The van der Waals surface area contributed by atoms with E-state index in [0.717, 1.165) is 0 Å². The number of hydrogen-bond acceptors (Lipinski definition) is 4. The fourth-order valence-electron chi connectivity index (χ4n) is 2.07. The molecule has 1 heterocycles. The summed E-state index contributed by atoms with van der Waals surface area (Å²) in [5, 5.41) is 3.03. The lowest BCUT2D eigenvalue weighted by molar-refractivity contribution is 0.370. The second-order valence-corrected chi connectivity index (χ2v) is 6.13. The van der Waals surface area contributed by atoms with Crippen molar-refractivity contribution in [2.45, 2.75) is 4.90 Å². The molecule has 0 unspecified atom stereocenters. The summed E-state index contributed by atoms with van der Waals surface area (Å²) in [4.78, 5) is 0.174. The predicted octanol–water partition coefficient (Wildman–Crippen LogP) is 2.26. The van der Waals surface area contributed by atoms with Crippen LogP contribution in [-0.4, -0.2) is 20.9 Å². The molecule has 0 atom stereocenters. The van der Waals surface area contributed by atoms with E-state index in [4.69, 9.17) is 11.2 Å². The van der Waals surface area contributed by atoms with Gasteiger partial charge < -0.3 is 10.1 Å². The van der Waals surface area contributed by atoms with Crippen molar-refractivity contribution in [3.05, 3.63) is 54.1 Å². The smallest absolute Gasteiger partial charge is 0.286 e. The van der Waals surface area contributed by atoms with Crippen molar-refractivity contribution >= 4 is 21.5 Å². The number of ether oxygens (including phenoxy) is 1. The topological polar surface area (TPSA) is 67.8 Å². The number of benzene rings is 2. The normalized spacial score (nSPS) is 15.0. The Hall–Kier alpha value is -2.78. The van der Waals surface area contributed by atoms with E-state index in [9.17, 15) is 8.42 Å². The third kappa shape index (κ3) is 2.67. The Morgan fingerprint density at radius 2 is 1.86 bits per heavy atom. The second kappa shape index (κ2) is 5.54. The number of fused-ring (bicyclic) bond motifs is 1. The number of para-hydroxylation sites is 1. The maximum absolute atomic E-state index is 12.2. The van der Waals surface area contributed by atoms with Crippen molar-refractivity contribution in [2.75, 3.05) is 11.9 Å². The lowest BCUT2D eigenvalue weighted by Crippen LogP contribution is -2.22. The third-order valence-corrected chi connectivity index (χ3v) is 4.41. The van der Waals surface area contributed by atoms with Crippen LogP contribution in [0.15, 0.2) is 57.8 Å². The minimum atomic E-state index is -3.70. The van der Waals surface area contributed by atoms with Crippen LogP contribution in [0, 0.1) is 12.3 Å². The molecule has 1 aliphatic rings. The largest absolute Gasteiger partial charge is 0.481 e. The molecule has 0 bridgehead atoms. The summed E-state index contributed by atoms with van der Waals surface area (Å²) in [6.07, 6.45) is 5.13. The molecule has 3 rings (SSSR count). The maximum atomic E-state index is 12.2. The van der Waals surface area contributed by atoms with E-state index in [-0.39, 0.29) is 17.3 Å². The number of hydrogen-bond donors (Lipinski definition) is 1. The van der Waals surface area contributed by atoms with E-state index in [0.29, 0.717) is 17.0 Å². The van der Waals surface area contributed by atoms with Crippen molar-refractivity contribution in [1.82, 2.24) is 0 Å². The van der Waals surface area contributed by atoms with Crippen LogP contribution in [-0.2, 0) is 10.0 Å². The van der Waals surface area contributed by atoms with E-state index >= 15 is 0 Å². The van der Waals surface area contributed by atoms with Crippen molar-refractivity contribution in [2.24, 2.45) is 4.40 Å². The second-order valence-electron chi connectivity index (χ2n) is 4.55. The van der Waals surface area contributed by atoms with Gasteiger partial charge in [0.2, 0.25) is 0 Å². The molecule has 0 saturated heterocycles. The number of anilines is 1. The van der Waals surface area contributed by atoms with Gasteiger partial charge in [0, 0.05) is 5.56 Å². The first kappa shape index (κ1) is 14.2. The van der Waals surface area contributed by atoms with Gasteiger partial charge in [-0.25, -0.2) is 0 Å². The number of nitrogens with one attached hydrogen (secondary N) is 1. The summed E-state index contributed by atoms with van der Waals surface area (Å²) in [6, 6.07) is 13.5. The number of amidine groups is 1. The van der Waals surface area contributed by atoms with Crippen molar-refractivity contribution < 1.29 is 13.2 Å². The molecule has 2 aromatic rings. The maximum Gasteiger partial charge on any atom is 0.286 e. The Morgan fingerprint density at radius 3 is 2.59 bits per heavy atom. The SMILES string of the molecule is C#CCOc1ccc(C2=NS(=O)(=O)c3ccccc3N2)cc1. The Labute approximate surface area is 128 Å². The molecule has 5 nitrogen and oxygen atoms in total. The Bertz CT molecular complexity index is 878. The highest BCUT2D eigenvalue weighted by Crippen LogP contribution is 2.28. The highest BCUT2D eigenvalue weighted by Gasteiger charge is 2.24. The summed E-state index contributed by atoms with van der Waals surface area (Å²) < 4.78 is 33.5. The molecule has 0 radical (unpaired) electrons. The highest BCUT2D eigenvalue weighted by atomic mass is 32.2. The van der Waals surface area contributed by atoms with Crippen LogP contribution in [0.2, 0.25) is 0 Å². The van der Waals surface area contributed by atoms with Crippen LogP contribution in [0.4, 0.5) is 5.69 Å². The molecule has 110 valence electrons. The first-order valence-corrected chi connectivity index (χ1v) is 7.92. The van der Waals surface area contributed by atoms with Gasteiger partial charge in [-0.2, -0.15) is 8.42 Å². The average molecular weight is 312 g/mol. The summed E-state index contributed by atoms with van der Waals surface area (Å²) in [5.41, 5.74) is 1.16. The van der Waals surface area contributed by atoms with Crippen molar-refractivity contribution in [1.29, 1.82) is 0 Å². The van der Waals surface area contributed by atoms with Gasteiger partial charge in [0.1, 0.15) is 17.3 Å². The highest BCUT2D eigenvalue weighted by molar-refractivity contribution is 7.90. The lowest BCUT2D eigenvalue weighted by atomic mass is 10.2. The average Bonchev–Trinajstić information content (AvgIpc) is 2.53.